The van der Waals surface area contributed by atoms with Crippen LogP contribution in [0.15, 0.2) is 40.2 Å². The molecule has 0 radical (unpaired) electrons. The van der Waals surface area contributed by atoms with Crippen molar-refractivity contribution in [1.29, 1.82) is 0 Å². The Kier molecular flexibility index (Phi) is 6.04. The summed E-state index contributed by atoms with van der Waals surface area (Å²) >= 11 is 0. The largest absolute Gasteiger partial charge is 0.417 e. The maximum atomic E-state index is 13.0. The van der Waals surface area contributed by atoms with Gasteiger partial charge in [0.2, 0.25) is 10.0 Å². The van der Waals surface area contributed by atoms with Gasteiger partial charge in [-0.15, -0.1) is 0 Å². The maximum Gasteiger partial charge on any atom is 0.417 e. The van der Waals surface area contributed by atoms with Crippen LogP contribution < -0.4 is 10.9 Å². The number of aromatic nitrogens is 1. The van der Waals surface area contributed by atoms with Crippen LogP contribution in [0.4, 0.5) is 18.9 Å². The van der Waals surface area contributed by atoms with E-state index in [9.17, 15) is 31.2 Å². The molecule has 1 saturated heterocycles. The number of aromatic amines is 1. The van der Waals surface area contributed by atoms with E-state index in [1.807, 2.05) is 4.98 Å². The van der Waals surface area contributed by atoms with Gasteiger partial charge in [-0.1, -0.05) is 12.5 Å². The second-order valence-corrected chi connectivity index (χ2v) is 8.93. The number of hydrogen-bond acceptors (Lipinski definition) is 4. The third kappa shape index (κ3) is 4.57. The number of amides is 1. The van der Waals surface area contributed by atoms with E-state index in [1.165, 1.54) is 22.5 Å². The van der Waals surface area contributed by atoms with Crippen molar-refractivity contribution in [2.75, 3.05) is 18.4 Å². The van der Waals surface area contributed by atoms with Crippen LogP contribution in [0.5, 0.6) is 0 Å². The van der Waals surface area contributed by atoms with Crippen LogP contribution in [0.1, 0.15) is 40.7 Å². The number of alkyl halides is 3. The van der Waals surface area contributed by atoms with Gasteiger partial charge in [0.1, 0.15) is 5.69 Å². The van der Waals surface area contributed by atoms with Gasteiger partial charge >= 0.3 is 6.18 Å². The molecule has 1 amide bonds. The number of pyridine rings is 1. The molecule has 2 heterocycles. The zero-order valence-electron chi connectivity index (χ0n) is 16.0. The average molecular weight is 443 g/mol. The van der Waals surface area contributed by atoms with Crippen molar-refractivity contribution in [3.05, 3.63) is 57.5 Å². The van der Waals surface area contributed by atoms with Crippen LogP contribution in [-0.4, -0.2) is 36.7 Å². The van der Waals surface area contributed by atoms with Gasteiger partial charge in [0.05, 0.1) is 10.5 Å². The molecule has 0 saturated carbocycles. The molecule has 30 heavy (non-hydrogen) atoms. The molecular weight excluding hydrogens is 423 g/mol. The number of aryl methyl sites for hydroxylation is 1. The Morgan fingerprint density at radius 2 is 1.80 bits per heavy atom. The number of hydrogen-bond donors (Lipinski definition) is 2. The lowest BCUT2D eigenvalue weighted by Crippen LogP contribution is -2.36. The van der Waals surface area contributed by atoms with E-state index in [4.69, 9.17) is 0 Å². The SMILES string of the molecule is Cc1ccc(C(=O)Nc2cc(C(F)(F)F)c[nH]c2=O)cc1S(=O)(=O)N1CCCCC1. The second-order valence-electron chi connectivity index (χ2n) is 7.03. The minimum Gasteiger partial charge on any atom is -0.327 e. The molecule has 0 spiro atoms. The fourth-order valence-electron chi connectivity index (χ4n) is 3.20. The van der Waals surface area contributed by atoms with Crippen LogP contribution in [0.3, 0.4) is 0 Å². The molecular formula is C19H20F3N3O4S. The van der Waals surface area contributed by atoms with Crippen LogP contribution in [0.2, 0.25) is 0 Å². The summed E-state index contributed by atoms with van der Waals surface area (Å²) in [4.78, 5) is 26.2. The Bertz CT molecular complexity index is 1120. The van der Waals surface area contributed by atoms with Crippen LogP contribution in [-0.2, 0) is 16.2 Å². The van der Waals surface area contributed by atoms with E-state index in [2.05, 4.69) is 5.32 Å². The molecule has 1 aliphatic rings. The van der Waals surface area contributed by atoms with Crippen molar-refractivity contribution in [3.63, 3.8) is 0 Å². The highest BCUT2D eigenvalue weighted by Gasteiger charge is 2.32. The average Bonchev–Trinajstić information content (AvgIpc) is 2.69. The standard InChI is InChI=1S/C19H20F3N3O4S/c1-12-5-6-13(9-16(12)30(28,29)25-7-3-2-4-8-25)17(26)24-15-10-14(19(20,21)22)11-23-18(15)27/h5-6,9-11H,2-4,7-8H2,1H3,(H,23,27)(H,24,26). The molecule has 7 nitrogen and oxygen atoms in total. The Labute approximate surface area is 171 Å². The monoisotopic (exact) mass is 443 g/mol. The summed E-state index contributed by atoms with van der Waals surface area (Å²) in [7, 11) is -3.82. The molecule has 162 valence electrons. The summed E-state index contributed by atoms with van der Waals surface area (Å²) < 4.78 is 65.9. The van der Waals surface area contributed by atoms with Gasteiger partial charge in [-0.25, -0.2) is 8.42 Å². The first-order valence-electron chi connectivity index (χ1n) is 9.22. The summed E-state index contributed by atoms with van der Waals surface area (Å²) in [5.74, 6) is -0.894. The van der Waals surface area contributed by atoms with Gasteiger partial charge in [-0.05, 0) is 43.5 Å². The Morgan fingerprint density at radius 1 is 1.13 bits per heavy atom. The van der Waals surface area contributed by atoms with E-state index >= 15 is 0 Å². The molecule has 11 heteroatoms. The third-order valence-corrected chi connectivity index (χ3v) is 6.90. The van der Waals surface area contributed by atoms with Gasteiger partial charge in [0.15, 0.2) is 0 Å². The minimum atomic E-state index is -4.71. The van der Waals surface area contributed by atoms with E-state index in [1.54, 1.807) is 6.92 Å². The fourth-order valence-corrected chi connectivity index (χ4v) is 4.97. The molecule has 1 fully saturated rings. The number of halogens is 3. The molecule has 1 aromatic carbocycles. The number of piperidine rings is 1. The number of benzene rings is 1. The highest BCUT2D eigenvalue weighted by Crippen LogP contribution is 2.29. The molecule has 0 unspecified atom stereocenters. The number of H-pyrrole nitrogens is 1. The van der Waals surface area contributed by atoms with Gasteiger partial charge in [-0.3, -0.25) is 9.59 Å². The van der Waals surface area contributed by atoms with E-state index in [0.717, 1.165) is 19.3 Å². The zero-order chi connectivity index (χ0) is 22.1. The Morgan fingerprint density at radius 3 is 2.43 bits per heavy atom. The van der Waals surface area contributed by atoms with E-state index in [0.29, 0.717) is 30.9 Å². The topological polar surface area (TPSA) is 99.3 Å². The van der Waals surface area contributed by atoms with Crippen molar-refractivity contribution >= 4 is 21.6 Å². The molecule has 0 bridgehead atoms. The molecule has 1 aromatic heterocycles. The maximum absolute atomic E-state index is 13.0. The van der Waals surface area contributed by atoms with Crippen molar-refractivity contribution in [2.24, 2.45) is 0 Å². The Balaban J connectivity index is 1.91. The number of carbonyl (C=O) groups is 1. The van der Waals surface area contributed by atoms with Gasteiger partial charge in [0, 0.05) is 24.8 Å². The van der Waals surface area contributed by atoms with Crippen molar-refractivity contribution < 1.29 is 26.4 Å². The van der Waals surface area contributed by atoms with Crippen LogP contribution in [0.25, 0.3) is 0 Å². The first-order valence-corrected chi connectivity index (χ1v) is 10.7. The van der Waals surface area contributed by atoms with Gasteiger partial charge in [-0.2, -0.15) is 17.5 Å². The molecule has 2 aromatic rings. The van der Waals surface area contributed by atoms with Crippen molar-refractivity contribution in [1.82, 2.24) is 9.29 Å². The predicted octanol–water partition coefficient (Wildman–Crippen LogP) is 3.13. The fraction of sp³-hybridized carbons (Fsp3) is 0.368. The molecule has 1 aliphatic heterocycles. The van der Waals surface area contributed by atoms with Crippen LogP contribution >= 0.6 is 0 Å². The van der Waals surface area contributed by atoms with Crippen molar-refractivity contribution in [3.8, 4) is 0 Å². The smallest absolute Gasteiger partial charge is 0.327 e. The number of anilines is 1. The van der Waals surface area contributed by atoms with Gasteiger partial charge < -0.3 is 10.3 Å². The van der Waals surface area contributed by atoms with Gasteiger partial charge in [0.25, 0.3) is 11.5 Å². The molecule has 0 atom stereocenters. The number of sulfonamides is 1. The molecule has 0 aliphatic carbocycles. The number of nitrogens with zero attached hydrogens (tertiary/aromatic N) is 1. The summed E-state index contributed by atoms with van der Waals surface area (Å²) in [6, 6.07) is 4.50. The first kappa shape index (κ1) is 22.0. The van der Waals surface area contributed by atoms with E-state index < -0.39 is 38.9 Å². The second kappa shape index (κ2) is 8.23. The first-order chi connectivity index (χ1) is 14.0. The van der Waals surface area contributed by atoms with E-state index in [-0.39, 0.29) is 10.5 Å². The third-order valence-electron chi connectivity index (χ3n) is 4.86. The van der Waals surface area contributed by atoms with Crippen molar-refractivity contribution in [2.45, 2.75) is 37.3 Å². The summed E-state index contributed by atoms with van der Waals surface area (Å²) in [6.07, 6.45) is -1.76. The molecule has 3 rings (SSSR count). The lowest BCUT2D eigenvalue weighted by molar-refractivity contribution is -0.137. The predicted molar refractivity (Wildman–Crippen MR) is 104 cm³/mol. The lowest BCUT2D eigenvalue weighted by Gasteiger charge is -2.26. The van der Waals surface area contributed by atoms with Crippen LogP contribution in [0, 0.1) is 6.92 Å². The minimum absolute atomic E-state index is 0.0463. The lowest BCUT2D eigenvalue weighted by atomic mass is 10.1. The summed E-state index contributed by atoms with van der Waals surface area (Å²) in [6.45, 7) is 2.37. The summed E-state index contributed by atoms with van der Waals surface area (Å²) in [5.41, 5.74) is -2.28. The number of carbonyl (C=O) groups excluding carboxylic acids is 1. The molecule has 2 N–H and O–H groups in total. The highest BCUT2D eigenvalue weighted by atomic mass is 32.2. The number of nitrogens with one attached hydrogen (secondary N) is 2. The highest BCUT2D eigenvalue weighted by molar-refractivity contribution is 7.89. The zero-order valence-corrected chi connectivity index (χ0v) is 16.9. The quantitative estimate of drug-likeness (QED) is 0.758. The normalized spacial score (nSPS) is 15.7. The number of rotatable bonds is 4. The Hall–Kier alpha value is -2.66. The summed E-state index contributed by atoms with van der Waals surface area (Å²) in [5, 5.41) is 2.13.